The molecule has 3 rings (SSSR count). The molecule has 1 atom stereocenters. The van der Waals surface area contributed by atoms with Crippen molar-refractivity contribution in [2.24, 2.45) is 0 Å². The molecule has 1 aromatic heterocycles. The molecule has 0 spiro atoms. The normalized spacial score (nSPS) is 19.3. The van der Waals surface area contributed by atoms with E-state index in [0.717, 1.165) is 36.5 Å². The first-order valence-corrected chi connectivity index (χ1v) is 7.74. The van der Waals surface area contributed by atoms with Crippen LogP contribution in [0, 0.1) is 0 Å². The fourth-order valence-electron chi connectivity index (χ4n) is 2.93. The van der Waals surface area contributed by atoms with Crippen molar-refractivity contribution in [3.05, 3.63) is 36.2 Å². The number of hydrogen-bond donors (Lipinski definition) is 1. The Bertz CT molecular complexity index is 594. The Labute approximate surface area is 130 Å². The fourth-order valence-corrected chi connectivity index (χ4v) is 2.93. The van der Waals surface area contributed by atoms with E-state index in [4.69, 9.17) is 9.15 Å². The van der Waals surface area contributed by atoms with E-state index in [-0.39, 0.29) is 12.6 Å². The van der Waals surface area contributed by atoms with Gasteiger partial charge in [-0.15, -0.1) is 0 Å². The molecule has 1 aromatic carbocycles. The smallest absolute Gasteiger partial charge is 0.226 e. The summed E-state index contributed by atoms with van der Waals surface area (Å²) in [5.74, 6) is 1.44. The highest BCUT2D eigenvalue weighted by molar-refractivity contribution is 5.54. The van der Waals surface area contributed by atoms with Gasteiger partial charge < -0.3 is 14.3 Å². The highest BCUT2D eigenvalue weighted by atomic mass is 16.5. The maximum Gasteiger partial charge on any atom is 0.226 e. The van der Waals surface area contributed by atoms with Crippen LogP contribution in [0.4, 0.5) is 0 Å². The van der Waals surface area contributed by atoms with Crippen molar-refractivity contribution in [3.8, 4) is 17.2 Å². The number of nitrogens with zero attached hydrogens (tertiary/aromatic N) is 2. The third kappa shape index (κ3) is 3.31. The minimum absolute atomic E-state index is 0.211. The van der Waals surface area contributed by atoms with E-state index in [2.05, 4.69) is 9.88 Å². The van der Waals surface area contributed by atoms with Gasteiger partial charge in [0.15, 0.2) is 0 Å². The van der Waals surface area contributed by atoms with E-state index in [1.54, 1.807) is 13.4 Å². The Morgan fingerprint density at radius 3 is 2.86 bits per heavy atom. The van der Waals surface area contributed by atoms with Gasteiger partial charge in [0.1, 0.15) is 12.0 Å². The molecule has 1 N–H and O–H groups in total. The van der Waals surface area contributed by atoms with Crippen LogP contribution in [0.2, 0.25) is 0 Å². The predicted octanol–water partition coefficient (Wildman–Crippen LogP) is 2.70. The lowest BCUT2D eigenvalue weighted by atomic mass is 10.0. The monoisotopic (exact) mass is 302 g/mol. The third-order valence-corrected chi connectivity index (χ3v) is 4.21. The first-order chi connectivity index (χ1) is 10.8. The Morgan fingerprint density at radius 1 is 1.32 bits per heavy atom. The lowest BCUT2D eigenvalue weighted by Crippen LogP contribution is -2.41. The van der Waals surface area contributed by atoms with Gasteiger partial charge in [-0.2, -0.15) is 0 Å². The molecule has 1 fully saturated rings. The Kier molecular flexibility index (Phi) is 4.75. The van der Waals surface area contributed by atoms with Gasteiger partial charge in [-0.25, -0.2) is 4.98 Å². The molecule has 2 heterocycles. The topological polar surface area (TPSA) is 58.7 Å². The van der Waals surface area contributed by atoms with Crippen molar-refractivity contribution in [1.29, 1.82) is 0 Å². The third-order valence-electron chi connectivity index (χ3n) is 4.21. The zero-order valence-corrected chi connectivity index (χ0v) is 12.9. The molecule has 0 amide bonds. The van der Waals surface area contributed by atoms with E-state index < -0.39 is 0 Å². The number of benzene rings is 1. The molecule has 1 aliphatic heterocycles. The summed E-state index contributed by atoms with van der Waals surface area (Å²) in [5.41, 5.74) is 1.84. The molecule has 0 bridgehead atoms. The SMILES string of the molecule is COc1ccc(-c2nc(CN3CCCCC3CO)co2)cc1. The Morgan fingerprint density at radius 2 is 2.14 bits per heavy atom. The highest BCUT2D eigenvalue weighted by Gasteiger charge is 2.22. The van der Waals surface area contributed by atoms with E-state index >= 15 is 0 Å². The van der Waals surface area contributed by atoms with Gasteiger partial charge in [-0.05, 0) is 43.7 Å². The Hall–Kier alpha value is -1.85. The predicted molar refractivity (Wildman–Crippen MR) is 83.6 cm³/mol. The van der Waals surface area contributed by atoms with Gasteiger partial charge in [0.2, 0.25) is 5.89 Å². The maximum atomic E-state index is 9.47. The second-order valence-electron chi connectivity index (χ2n) is 5.68. The lowest BCUT2D eigenvalue weighted by molar-refractivity contribution is 0.0830. The van der Waals surface area contributed by atoms with Crippen molar-refractivity contribution in [3.63, 3.8) is 0 Å². The van der Waals surface area contributed by atoms with E-state index in [1.807, 2.05) is 24.3 Å². The molecule has 22 heavy (non-hydrogen) atoms. The molecule has 5 heteroatoms. The van der Waals surface area contributed by atoms with Crippen LogP contribution >= 0.6 is 0 Å². The molecule has 1 unspecified atom stereocenters. The van der Waals surface area contributed by atoms with E-state index in [0.29, 0.717) is 5.89 Å². The minimum atomic E-state index is 0.211. The molecule has 0 aliphatic carbocycles. The van der Waals surface area contributed by atoms with Crippen molar-refractivity contribution >= 4 is 0 Å². The molecule has 1 saturated heterocycles. The van der Waals surface area contributed by atoms with E-state index in [9.17, 15) is 5.11 Å². The summed E-state index contributed by atoms with van der Waals surface area (Å²) in [7, 11) is 1.65. The molecule has 118 valence electrons. The maximum absolute atomic E-state index is 9.47. The number of piperidine rings is 1. The molecular weight excluding hydrogens is 280 g/mol. The molecule has 1 aliphatic rings. The van der Waals surface area contributed by atoms with Gasteiger partial charge in [-0.1, -0.05) is 6.42 Å². The molecule has 0 saturated carbocycles. The molecule has 2 aromatic rings. The second kappa shape index (κ2) is 6.94. The summed E-state index contributed by atoms with van der Waals surface area (Å²) in [6, 6.07) is 7.91. The van der Waals surface area contributed by atoms with Crippen LogP contribution in [0.15, 0.2) is 34.9 Å². The second-order valence-corrected chi connectivity index (χ2v) is 5.68. The minimum Gasteiger partial charge on any atom is -0.497 e. The first-order valence-electron chi connectivity index (χ1n) is 7.74. The number of likely N-dealkylation sites (tertiary alicyclic amines) is 1. The number of aliphatic hydroxyl groups is 1. The van der Waals surface area contributed by atoms with Crippen LogP contribution in [-0.2, 0) is 6.54 Å². The first kappa shape index (κ1) is 15.1. The summed E-state index contributed by atoms with van der Waals surface area (Å²) in [4.78, 5) is 6.86. The van der Waals surface area contributed by atoms with Crippen LogP contribution in [-0.4, -0.2) is 41.3 Å². The number of oxazole rings is 1. The summed E-state index contributed by atoms with van der Waals surface area (Å²) < 4.78 is 10.7. The summed E-state index contributed by atoms with van der Waals surface area (Å²) in [5, 5.41) is 9.47. The quantitative estimate of drug-likeness (QED) is 0.920. The van der Waals surface area contributed by atoms with Crippen LogP contribution < -0.4 is 4.74 Å². The number of aromatic nitrogens is 1. The van der Waals surface area contributed by atoms with E-state index in [1.165, 1.54) is 12.8 Å². The van der Waals surface area contributed by atoms with Crippen LogP contribution in [0.25, 0.3) is 11.5 Å². The Balaban J connectivity index is 1.70. The van der Waals surface area contributed by atoms with Crippen molar-refractivity contribution in [1.82, 2.24) is 9.88 Å². The highest BCUT2D eigenvalue weighted by Crippen LogP contribution is 2.24. The largest absolute Gasteiger partial charge is 0.497 e. The number of rotatable bonds is 5. The summed E-state index contributed by atoms with van der Waals surface area (Å²) in [6.07, 6.45) is 5.14. The van der Waals surface area contributed by atoms with Gasteiger partial charge in [0.25, 0.3) is 0 Å². The van der Waals surface area contributed by atoms with Gasteiger partial charge in [0.05, 0.1) is 19.4 Å². The van der Waals surface area contributed by atoms with Crippen LogP contribution in [0.3, 0.4) is 0 Å². The fraction of sp³-hybridized carbons (Fsp3) is 0.471. The zero-order chi connectivity index (χ0) is 15.4. The van der Waals surface area contributed by atoms with Crippen LogP contribution in [0.1, 0.15) is 25.0 Å². The lowest BCUT2D eigenvalue weighted by Gasteiger charge is -2.33. The van der Waals surface area contributed by atoms with Gasteiger partial charge in [0, 0.05) is 18.2 Å². The average Bonchev–Trinajstić information content (AvgIpc) is 3.04. The van der Waals surface area contributed by atoms with Gasteiger partial charge >= 0.3 is 0 Å². The summed E-state index contributed by atoms with van der Waals surface area (Å²) >= 11 is 0. The van der Waals surface area contributed by atoms with Crippen LogP contribution in [0.5, 0.6) is 5.75 Å². The molecule has 0 radical (unpaired) electrons. The van der Waals surface area contributed by atoms with Gasteiger partial charge in [-0.3, -0.25) is 4.90 Å². The summed E-state index contributed by atoms with van der Waals surface area (Å²) in [6.45, 7) is 1.95. The van der Waals surface area contributed by atoms with Crippen molar-refractivity contribution in [2.75, 3.05) is 20.3 Å². The standard InChI is InChI=1S/C17H22N2O3/c1-21-16-7-5-13(6-8-16)17-18-14(12-22-17)10-19-9-3-2-4-15(19)11-20/h5-8,12,15,20H,2-4,9-11H2,1H3. The van der Waals surface area contributed by atoms with Crippen molar-refractivity contribution in [2.45, 2.75) is 31.8 Å². The number of methoxy groups -OCH3 is 1. The average molecular weight is 302 g/mol. The number of ether oxygens (including phenoxy) is 1. The zero-order valence-electron chi connectivity index (χ0n) is 12.9. The number of aliphatic hydroxyl groups excluding tert-OH is 1. The molecular formula is C17H22N2O3. The van der Waals surface area contributed by atoms with Crippen molar-refractivity contribution < 1.29 is 14.3 Å². The molecule has 5 nitrogen and oxygen atoms in total. The number of hydrogen-bond acceptors (Lipinski definition) is 5.